The molecule has 0 aliphatic rings. The number of aryl methyl sites for hydroxylation is 2. The van der Waals surface area contributed by atoms with Crippen LogP contribution in [0.3, 0.4) is 0 Å². The van der Waals surface area contributed by atoms with Crippen molar-refractivity contribution in [2.24, 2.45) is 0 Å². The van der Waals surface area contributed by atoms with Crippen molar-refractivity contribution in [1.29, 1.82) is 0 Å². The van der Waals surface area contributed by atoms with Crippen LogP contribution < -0.4 is 5.32 Å². The molecule has 0 aromatic carbocycles. The highest BCUT2D eigenvalue weighted by Crippen LogP contribution is 2.32. The van der Waals surface area contributed by atoms with E-state index >= 15 is 0 Å². The van der Waals surface area contributed by atoms with Crippen LogP contribution in [-0.4, -0.2) is 15.9 Å². The van der Waals surface area contributed by atoms with Gasteiger partial charge in [0.2, 0.25) is 0 Å². The summed E-state index contributed by atoms with van der Waals surface area (Å²) in [6.07, 6.45) is 1.61. The lowest BCUT2D eigenvalue weighted by molar-refractivity contribution is 0.102. The minimum absolute atomic E-state index is 0.203. The molecule has 0 aliphatic carbocycles. The van der Waals surface area contributed by atoms with E-state index in [9.17, 15) is 4.79 Å². The molecule has 4 nitrogen and oxygen atoms in total. The molecule has 0 saturated heterocycles. The zero-order chi connectivity index (χ0) is 14.1. The Kier molecular flexibility index (Phi) is 3.20. The van der Waals surface area contributed by atoms with Gasteiger partial charge in [-0.1, -0.05) is 6.07 Å². The van der Waals surface area contributed by atoms with E-state index < -0.39 is 0 Å². The quantitative estimate of drug-likeness (QED) is 0.782. The molecule has 20 heavy (non-hydrogen) atoms. The molecular weight excluding hydrogens is 270 g/mol. The van der Waals surface area contributed by atoms with Crippen molar-refractivity contribution in [3.8, 4) is 0 Å². The third-order valence-electron chi connectivity index (χ3n) is 3.01. The Labute approximate surface area is 120 Å². The Bertz CT molecular complexity index is 780. The topological polar surface area (TPSA) is 54.9 Å². The van der Waals surface area contributed by atoms with Crippen molar-refractivity contribution >= 4 is 33.1 Å². The number of hydrogen-bond donors (Lipinski definition) is 1. The highest BCUT2D eigenvalue weighted by Gasteiger charge is 2.13. The van der Waals surface area contributed by atoms with Crippen molar-refractivity contribution in [1.82, 2.24) is 9.97 Å². The van der Waals surface area contributed by atoms with E-state index in [4.69, 9.17) is 0 Å². The summed E-state index contributed by atoms with van der Waals surface area (Å²) < 4.78 is 0. The molecule has 1 N–H and O–H groups in total. The van der Waals surface area contributed by atoms with Gasteiger partial charge in [0.05, 0.1) is 5.69 Å². The van der Waals surface area contributed by atoms with Gasteiger partial charge < -0.3 is 5.32 Å². The molecule has 0 bridgehead atoms. The molecule has 0 unspecified atom stereocenters. The molecule has 1 amide bonds. The minimum Gasteiger partial charge on any atom is -0.319 e. The second-order valence-corrected chi connectivity index (χ2v) is 5.44. The second kappa shape index (κ2) is 5.02. The lowest BCUT2D eigenvalue weighted by atomic mass is 10.1. The predicted octanol–water partition coefficient (Wildman–Crippen LogP) is 3.56. The monoisotopic (exact) mass is 283 g/mol. The molecule has 3 rings (SSSR count). The molecule has 3 aromatic rings. The Balaban J connectivity index is 1.98. The zero-order valence-corrected chi connectivity index (χ0v) is 12.0. The number of amides is 1. The Morgan fingerprint density at radius 1 is 1.30 bits per heavy atom. The normalized spacial score (nSPS) is 10.7. The van der Waals surface area contributed by atoms with Crippen molar-refractivity contribution in [3.63, 3.8) is 0 Å². The van der Waals surface area contributed by atoms with Crippen LogP contribution in [0.1, 0.15) is 21.7 Å². The molecule has 0 atom stereocenters. The molecular formula is C15H13N3OS. The fraction of sp³-hybridized carbons (Fsp3) is 0.133. The summed E-state index contributed by atoms with van der Waals surface area (Å²) in [6, 6.07) is 7.29. The Morgan fingerprint density at radius 3 is 2.90 bits per heavy atom. The van der Waals surface area contributed by atoms with E-state index in [-0.39, 0.29) is 5.91 Å². The van der Waals surface area contributed by atoms with Gasteiger partial charge in [0.1, 0.15) is 10.5 Å². The van der Waals surface area contributed by atoms with Crippen molar-refractivity contribution in [2.45, 2.75) is 13.8 Å². The van der Waals surface area contributed by atoms with Crippen LogP contribution in [0.15, 0.2) is 35.8 Å². The maximum Gasteiger partial charge on any atom is 0.274 e. The summed E-state index contributed by atoms with van der Waals surface area (Å²) in [7, 11) is 0. The molecule has 0 radical (unpaired) electrons. The Morgan fingerprint density at radius 2 is 2.15 bits per heavy atom. The maximum atomic E-state index is 12.1. The number of aromatic nitrogens is 2. The molecule has 0 fully saturated rings. The minimum atomic E-state index is -0.203. The smallest absolute Gasteiger partial charge is 0.274 e. The first-order valence-corrected chi connectivity index (χ1v) is 7.11. The summed E-state index contributed by atoms with van der Waals surface area (Å²) in [6.45, 7) is 4.00. The first kappa shape index (κ1) is 12.7. The van der Waals surface area contributed by atoms with Crippen LogP contribution >= 0.6 is 11.3 Å². The number of fused-ring (bicyclic) bond motifs is 1. The standard InChI is InChI=1S/C15H13N3OS/c1-9-7-10(2)17-15-13(9)12(8-20-15)18-14(19)11-5-3-4-6-16-11/h3-8H,1-2H3,(H,18,19). The van der Waals surface area contributed by atoms with Gasteiger partial charge >= 0.3 is 0 Å². The number of nitrogens with one attached hydrogen (secondary N) is 1. The van der Waals surface area contributed by atoms with Gasteiger partial charge in [-0.3, -0.25) is 9.78 Å². The number of rotatable bonds is 2. The van der Waals surface area contributed by atoms with Gasteiger partial charge in [-0.05, 0) is 37.6 Å². The van der Waals surface area contributed by atoms with Crippen LogP contribution in [0.2, 0.25) is 0 Å². The number of carbonyl (C=O) groups excluding carboxylic acids is 1. The second-order valence-electron chi connectivity index (χ2n) is 4.58. The third-order valence-corrected chi connectivity index (χ3v) is 3.89. The zero-order valence-electron chi connectivity index (χ0n) is 11.2. The number of nitrogens with zero attached hydrogens (tertiary/aromatic N) is 2. The maximum absolute atomic E-state index is 12.1. The van der Waals surface area contributed by atoms with Gasteiger partial charge in [0.25, 0.3) is 5.91 Å². The van der Waals surface area contributed by atoms with Crippen LogP contribution in [-0.2, 0) is 0 Å². The molecule has 0 saturated carbocycles. The predicted molar refractivity (Wildman–Crippen MR) is 81.3 cm³/mol. The highest BCUT2D eigenvalue weighted by molar-refractivity contribution is 7.17. The van der Waals surface area contributed by atoms with Gasteiger partial charge in [-0.2, -0.15) is 0 Å². The first-order valence-electron chi connectivity index (χ1n) is 6.23. The van der Waals surface area contributed by atoms with Gasteiger partial charge in [0, 0.05) is 22.7 Å². The summed E-state index contributed by atoms with van der Waals surface area (Å²) in [5, 5.41) is 5.84. The lowest BCUT2D eigenvalue weighted by Crippen LogP contribution is -2.13. The van der Waals surface area contributed by atoms with Crippen LogP contribution in [0.5, 0.6) is 0 Å². The fourth-order valence-corrected chi connectivity index (χ4v) is 3.16. The van der Waals surface area contributed by atoms with Crippen LogP contribution in [0, 0.1) is 13.8 Å². The van der Waals surface area contributed by atoms with E-state index in [1.165, 1.54) is 11.3 Å². The molecule has 3 heterocycles. The number of pyridine rings is 2. The lowest BCUT2D eigenvalue weighted by Gasteiger charge is -2.05. The molecule has 0 spiro atoms. The molecule has 0 aliphatic heterocycles. The molecule has 5 heteroatoms. The summed E-state index contributed by atoms with van der Waals surface area (Å²) in [4.78, 5) is 21.6. The van der Waals surface area contributed by atoms with Crippen LogP contribution in [0.25, 0.3) is 10.2 Å². The van der Waals surface area contributed by atoms with Crippen molar-refractivity contribution < 1.29 is 4.79 Å². The number of thiophene rings is 1. The summed E-state index contributed by atoms with van der Waals surface area (Å²) in [5.41, 5.74) is 3.31. The highest BCUT2D eigenvalue weighted by atomic mass is 32.1. The van der Waals surface area contributed by atoms with Gasteiger partial charge in [-0.25, -0.2) is 4.98 Å². The van der Waals surface area contributed by atoms with E-state index in [2.05, 4.69) is 15.3 Å². The van der Waals surface area contributed by atoms with Crippen molar-refractivity contribution in [3.05, 3.63) is 52.8 Å². The number of carbonyl (C=O) groups is 1. The fourth-order valence-electron chi connectivity index (χ4n) is 2.16. The number of hydrogen-bond acceptors (Lipinski definition) is 4. The van der Waals surface area contributed by atoms with Gasteiger partial charge in [0.15, 0.2) is 0 Å². The summed E-state index contributed by atoms with van der Waals surface area (Å²) >= 11 is 1.53. The van der Waals surface area contributed by atoms with E-state index in [1.54, 1.807) is 24.4 Å². The average Bonchev–Trinajstić information content (AvgIpc) is 2.82. The van der Waals surface area contributed by atoms with E-state index in [0.717, 1.165) is 27.2 Å². The molecule has 100 valence electrons. The SMILES string of the molecule is Cc1cc(C)c2c(NC(=O)c3ccccn3)csc2n1. The van der Waals surface area contributed by atoms with Gasteiger partial charge in [-0.15, -0.1) is 11.3 Å². The van der Waals surface area contributed by atoms with E-state index in [0.29, 0.717) is 5.69 Å². The summed E-state index contributed by atoms with van der Waals surface area (Å²) in [5.74, 6) is -0.203. The Hall–Kier alpha value is -2.27. The third kappa shape index (κ3) is 2.28. The van der Waals surface area contributed by atoms with Crippen LogP contribution in [0.4, 0.5) is 5.69 Å². The van der Waals surface area contributed by atoms with Crippen molar-refractivity contribution in [2.75, 3.05) is 5.32 Å². The largest absolute Gasteiger partial charge is 0.319 e. The van der Waals surface area contributed by atoms with E-state index in [1.807, 2.05) is 25.3 Å². The molecule has 3 aromatic heterocycles. The first-order chi connectivity index (χ1) is 9.65. The average molecular weight is 283 g/mol. The number of anilines is 1.